The van der Waals surface area contributed by atoms with Crippen molar-refractivity contribution in [1.29, 1.82) is 0 Å². The summed E-state index contributed by atoms with van der Waals surface area (Å²) in [5.74, 6) is 0.225. The number of pyridine rings is 1. The molecule has 19 heavy (non-hydrogen) atoms. The number of aromatic hydroxyl groups is 1. The normalized spacial score (nSPS) is 13.9. The van der Waals surface area contributed by atoms with Gasteiger partial charge in [0.15, 0.2) is 0 Å². The molecular weight excluding hydrogens is 240 g/mol. The summed E-state index contributed by atoms with van der Waals surface area (Å²) in [5, 5.41) is 12.7. The monoisotopic (exact) mass is 256 g/mol. The quantitative estimate of drug-likeness (QED) is 0.774. The standard InChI is InChI=1S/C15H16N2O2/c18-11-5-3-4-10(8-11)17-14-9-16-15(19)13-7-2-1-6-12(13)14/h3-5,8-9,17-18H,1-2,6-7H2,(H,16,19). The molecule has 4 heteroatoms. The van der Waals surface area contributed by atoms with Crippen molar-refractivity contribution >= 4 is 11.4 Å². The third-order valence-electron chi connectivity index (χ3n) is 3.54. The first-order valence-corrected chi connectivity index (χ1v) is 6.53. The average Bonchev–Trinajstić information content (AvgIpc) is 2.42. The van der Waals surface area contributed by atoms with Crippen molar-refractivity contribution in [1.82, 2.24) is 4.98 Å². The Hall–Kier alpha value is -2.23. The molecule has 0 spiro atoms. The van der Waals surface area contributed by atoms with Crippen molar-refractivity contribution in [2.24, 2.45) is 0 Å². The Kier molecular flexibility index (Phi) is 2.99. The molecule has 1 heterocycles. The first-order valence-electron chi connectivity index (χ1n) is 6.53. The third-order valence-corrected chi connectivity index (χ3v) is 3.54. The molecule has 0 saturated heterocycles. The molecule has 1 aliphatic rings. The zero-order valence-electron chi connectivity index (χ0n) is 10.6. The van der Waals surface area contributed by atoms with Gasteiger partial charge >= 0.3 is 0 Å². The van der Waals surface area contributed by atoms with Crippen molar-refractivity contribution < 1.29 is 5.11 Å². The lowest BCUT2D eigenvalue weighted by Crippen LogP contribution is -2.19. The van der Waals surface area contributed by atoms with Gasteiger partial charge in [-0.15, -0.1) is 0 Å². The predicted molar refractivity (Wildman–Crippen MR) is 75.1 cm³/mol. The minimum atomic E-state index is 0.0242. The van der Waals surface area contributed by atoms with Crippen LogP contribution in [0.5, 0.6) is 5.75 Å². The number of aromatic nitrogens is 1. The predicted octanol–water partition coefficient (Wildman–Crippen LogP) is 2.70. The summed E-state index contributed by atoms with van der Waals surface area (Å²) in [7, 11) is 0. The lowest BCUT2D eigenvalue weighted by atomic mass is 9.92. The van der Waals surface area contributed by atoms with Crippen LogP contribution in [-0.4, -0.2) is 10.1 Å². The van der Waals surface area contributed by atoms with Gasteiger partial charge in [0.05, 0.1) is 5.69 Å². The number of benzene rings is 1. The van der Waals surface area contributed by atoms with Gasteiger partial charge in [-0.1, -0.05) is 6.07 Å². The Morgan fingerprint density at radius 3 is 2.74 bits per heavy atom. The molecule has 1 aliphatic carbocycles. The Morgan fingerprint density at radius 1 is 1.16 bits per heavy atom. The molecule has 4 nitrogen and oxygen atoms in total. The number of hydrogen-bond donors (Lipinski definition) is 3. The Bertz CT molecular complexity index is 661. The van der Waals surface area contributed by atoms with Crippen molar-refractivity contribution in [2.75, 3.05) is 5.32 Å². The highest BCUT2D eigenvalue weighted by molar-refractivity contribution is 5.65. The van der Waals surface area contributed by atoms with Gasteiger partial charge in [-0.2, -0.15) is 0 Å². The Labute approximate surface area is 111 Å². The zero-order valence-corrected chi connectivity index (χ0v) is 10.6. The van der Waals surface area contributed by atoms with E-state index >= 15 is 0 Å². The maximum Gasteiger partial charge on any atom is 0.251 e. The highest BCUT2D eigenvalue weighted by Gasteiger charge is 2.16. The fraction of sp³-hybridized carbons (Fsp3) is 0.267. The molecule has 0 aliphatic heterocycles. The summed E-state index contributed by atoms with van der Waals surface area (Å²) >= 11 is 0. The molecule has 98 valence electrons. The summed E-state index contributed by atoms with van der Waals surface area (Å²) in [5.41, 5.74) is 3.78. The minimum Gasteiger partial charge on any atom is -0.508 e. The van der Waals surface area contributed by atoms with E-state index in [0.717, 1.165) is 48.2 Å². The number of phenolic OH excluding ortho intramolecular Hbond substituents is 1. The van der Waals surface area contributed by atoms with Gasteiger partial charge in [0.2, 0.25) is 0 Å². The molecule has 2 aromatic rings. The second kappa shape index (κ2) is 4.80. The van der Waals surface area contributed by atoms with E-state index in [9.17, 15) is 9.90 Å². The van der Waals surface area contributed by atoms with E-state index < -0.39 is 0 Å². The molecular formula is C15H16N2O2. The number of hydrogen-bond acceptors (Lipinski definition) is 3. The summed E-state index contributed by atoms with van der Waals surface area (Å²) in [6, 6.07) is 6.98. The van der Waals surface area contributed by atoms with Crippen LogP contribution in [-0.2, 0) is 12.8 Å². The topological polar surface area (TPSA) is 65.1 Å². The first kappa shape index (κ1) is 11.8. The number of aromatic amines is 1. The number of nitrogens with one attached hydrogen (secondary N) is 2. The second-order valence-corrected chi connectivity index (χ2v) is 4.87. The van der Waals surface area contributed by atoms with Gasteiger partial charge in [-0.05, 0) is 43.4 Å². The summed E-state index contributed by atoms with van der Waals surface area (Å²) < 4.78 is 0. The van der Waals surface area contributed by atoms with Crippen LogP contribution in [0.1, 0.15) is 24.0 Å². The molecule has 0 radical (unpaired) electrons. The molecule has 0 bridgehead atoms. The number of fused-ring (bicyclic) bond motifs is 1. The SMILES string of the molecule is O=c1[nH]cc(Nc2cccc(O)c2)c2c1CCCC2. The second-order valence-electron chi connectivity index (χ2n) is 4.87. The van der Waals surface area contributed by atoms with Crippen molar-refractivity contribution in [3.05, 3.63) is 51.9 Å². The van der Waals surface area contributed by atoms with Crippen LogP contribution < -0.4 is 10.9 Å². The number of rotatable bonds is 2. The summed E-state index contributed by atoms with van der Waals surface area (Å²) in [6.45, 7) is 0. The van der Waals surface area contributed by atoms with E-state index in [4.69, 9.17) is 0 Å². The minimum absolute atomic E-state index is 0.0242. The first-order chi connectivity index (χ1) is 9.24. The van der Waals surface area contributed by atoms with E-state index in [1.165, 1.54) is 0 Å². The van der Waals surface area contributed by atoms with Crippen LogP contribution >= 0.6 is 0 Å². The van der Waals surface area contributed by atoms with Crippen molar-refractivity contribution in [2.45, 2.75) is 25.7 Å². The molecule has 0 saturated carbocycles. The highest BCUT2D eigenvalue weighted by Crippen LogP contribution is 2.28. The molecule has 0 unspecified atom stereocenters. The van der Waals surface area contributed by atoms with E-state index in [1.54, 1.807) is 24.4 Å². The zero-order chi connectivity index (χ0) is 13.2. The van der Waals surface area contributed by atoms with Gasteiger partial charge in [-0.3, -0.25) is 4.79 Å². The van der Waals surface area contributed by atoms with E-state index in [2.05, 4.69) is 10.3 Å². The van der Waals surface area contributed by atoms with Gasteiger partial charge < -0.3 is 15.4 Å². The fourth-order valence-corrected chi connectivity index (χ4v) is 2.62. The molecule has 0 fully saturated rings. The van der Waals surface area contributed by atoms with E-state index in [1.807, 2.05) is 6.07 Å². The summed E-state index contributed by atoms with van der Waals surface area (Å²) in [4.78, 5) is 14.6. The molecule has 0 atom stereocenters. The van der Waals surface area contributed by atoms with Gasteiger partial charge in [0.1, 0.15) is 5.75 Å². The number of phenols is 1. The van der Waals surface area contributed by atoms with Crippen molar-refractivity contribution in [3.63, 3.8) is 0 Å². The molecule has 1 aromatic heterocycles. The smallest absolute Gasteiger partial charge is 0.251 e. The molecule has 3 N–H and O–H groups in total. The molecule has 3 rings (SSSR count). The maximum atomic E-state index is 11.8. The van der Waals surface area contributed by atoms with E-state index in [0.29, 0.717) is 0 Å². The Morgan fingerprint density at radius 2 is 1.95 bits per heavy atom. The van der Waals surface area contributed by atoms with Crippen LogP contribution in [0.3, 0.4) is 0 Å². The van der Waals surface area contributed by atoms with Crippen LogP contribution in [0, 0.1) is 0 Å². The van der Waals surface area contributed by atoms with Crippen LogP contribution in [0.25, 0.3) is 0 Å². The maximum absolute atomic E-state index is 11.8. The van der Waals surface area contributed by atoms with Crippen LogP contribution in [0.4, 0.5) is 11.4 Å². The number of anilines is 2. The average molecular weight is 256 g/mol. The largest absolute Gasteiger partial charge is 0.508 e. The van der Waals surface area contributed by atoms with Crippen LogP contribution in [0.15, 0.2) is 35.3 Å². The van der Waals surface area contributed by atoms with Crippen molar-refractivity contribution in [3.8, 4) is 5.75 Å². The fourth-order valence-electron chi connectivity index (χ4n) is 2.62. The van der Waals surface area contributed by atoms with Gasteiger partial charge in [0.25, 0.3) is 5.56 Å². The van der Waals surface area contributed by atoms with Crippen LogP contribution in [0.2, 0.25) is 0 Å². The highest BCUT2D eigenvalue weighted by atomic mass is 16.3. The molecule has 1 aromatic carbocycles. The molecule has 0 amide bonds. The number of H-pyrrole nitrogens is 1. The Balaban J connectivity index is 1.99. The third kappa shape index (κ3) is 2.34. The lowest BCUT2D eigenvalue weighted by molar-refractivity contribution is 0.475. The van der Waals surface area contributed by atoms with Gasteiger partial charge in [0, 0.05) is 23.5 Å². The van der Waals surface area contributed by atoms with E-state index in [-0.39, 0.29) is 11.3 Å². The lowest BCUT2D eigenvalue weighted by Gasteiger charge is -2.19. The summed E-state index contributed by atoms with van der Waals surface area (Å²) in [6.07, 6.45) is 5.69. The van der Waals surface area contributed by atoms with Gasteiger partial charge in [-0.25, -0.2) is 0 Å².